The number of hydrogen-bond donors (Lipinski definition) is 0. The van der Waals surface area contributed by atoms with E-state index in [0.717, 1.165) is 50.5 Å². The van der Waals surface area contributed by atoms with Gasteiger partial charge in [0, 0.05) is 5.69 Å². The molecule has 0 bridgehead atoms. The van der Waals surface area contributed by atoms with Gasteiger partial charge in [-0.15, -0.1) is 0 Å². The molecule has 310 valence electrons. The summed E-state index contributed by atoms with van der Waals surface area (Å²) >= 11 is -3.62. The van der Waals surface area contributed by atoms with Crippen LogP contribution >= 0.6 is 0 Å². The average Bonchev–Trinajstić information content (AvgIpc) is 3.90. The first-order valence-corrected chi connectivity index (χ1v) is 26.6. The molecule has 0 saturated heterocycles. The first kappa shape index (κ1) is 39.2. The van der Waals surface area contributed by atoms with E-state index >= 15 is 0 Å². The Hall–Kier alpha value is -8.37. The third kappa shape index (κ3) is 6.36. The average molecular weight is 904 g/mol. The van der Waals surface area contributed by atoms with Crippen molar-refractivity contribution >= 4 is 91.5 Å². The number of nitriles is 1. The van der Waals surface area contributed by atoms with Gasteiger partial charge in [-0.1, -0.05) is 30.3 Å². The fourth-order valence-corrected chi connectivity index (χ4v) is 20.4. The quantitative estimate of drug-likeness (QED) is 0.135. The van der Waals surface area contributed by atoms with Gasteiger partial charge >= 0.3 is 329 Å². The van der Waals surface area contributed by atoms with Crippen LogP contribution in [0.4, 0.5) is 17.1 Å². The second-order valence-electron chi connectivity index (χ2n) is 16.8. The van der Waals surface area contributed by atoms with E-state index in [-0.39, 0.29) is 0 Å². The van der Waals surface area contributed by atoms with Gasteiger partial charge in [-0.2, -0.15) is 5.26 Å². The van der Waals surface area contributed by atoms with Crippen molar-refractivity contribution in [3.63, 3.8) is 0 Å². The first-order chi connectivity index (χ1) is 32.7. The molecular weight excluding hydrogens is 861 g/mol. The molecule has 2 aromatic heterocycles. The molecule has 4 nitrogen and oxygen atoms in total. The van der Waals surface area contributed by atoms with Crippen LogP contribution in [0, 0.1) is 11.3 Å². The van der Waals surface area contributed by atoms with E-state index in [1.807, 2.05) is 12.1 Å². The Kier molecular flexibility index (Phi) is 9.70. The van der Waals surface area contributed by atoms with Crippen LogP contribution in [0.1, 0.15) is 5.56 Å². The molecule has 0 radical (unpaired) electrons. The van der Waals surface area contributed by atoms with E-state index in [1.54, 1.807) is 0 Å². The van der Waals surface area contributed by atoms with E-state index < -0.39 is 13.3 Å². The molecule has 0 aliphatic rings. The Morgan fingerprint density at radius 2 is 0.697 bits per heavy atom. The number of anilines is 3. The molecule has 0 atom stereocenters. The summed E-state index contributed by atoms with van der Waals surface area (Å²) in [4.78, 5) is 2.34. The first-order valence-electron chi connectivity index (χ1n) is 22.4. The molecule has 0 saturated carbocycles. The topological polar surface area (TPSA) is 36.9 Å². The molecule has 66 heavy (non-hydrogen) atoms. The molecule has 0 unspecified atom stereocenters. The van der Waals surface area contributed by atoms with Gasteiger partial charge in [0.1, 0.15) is 0 Å². The Bertz CT molecular complexity index is 3650. The van der Waals surface area contributed by atoms with Crippen molar-refractivity contribution in [3.05, 3.63) is 260 Å². The van der Waals surface area contributed by atoms with Crippen LogP contribution < -0.4 is 22.5 Å². The van der Waals surface area contributed by atoms with Gasteiger partial charge in [0.15, 0.2) is 0 Å². The van der Waals surface area contributed by atoms with E-state index in [9.17, 15) is 5.26 Å². The third-order valence-corrected chi connectivity index (χ3v) is 23.3. The Morgan fingerprint density at radius 1 is 0.318 bits per heavy atom. The number of hydrogen-bond acceptors (Lipinski definition) is 2. The van der Waals surface area contributed by atoms with Gasteiger partial charge in [0.05, 0.1) is 0 Å². The minimum atomic E-state index is -3.62. The predicted octanol–water partition coefficient (Wildman–Crippen LogP) is 12.6. The van der Waals surface area contributed by atoms with Gasteiger partial charge in [0.2, 0.25) is 0 Å². The van der Waals surface area contributed by atoms with Crippen molar-refractivity contribution in [2.45, 2.75) is 0 Å². The van der Waals surface area contributed by atoms with Crippen LogP contribution in [0.5, 0.6) is 0 Å². The summed E-state index contributed by atoms with van der Waals surface area (Å²) in [6.07, 6.45) is 0. The molecule has 0 amide bonds. The number of aromatic nitrogens is 2. The molecule has 0 N–H and O–H groups in total. The molecule has 5 heteroatoms. The van der Waals surface area contributed by atoms with Crippen molar-refractivity contribution in [1.82, 2.24) is 9.13 Å². The van der Waals surface area contributed by atoms with Crippen molar-refractivity contribution in [2.24, 2.45) is 0 Å². The summed E-state index contributed by atoms with van der Waals surface area (Å²) in [5.74, 6) is 0. The normalized spacial score (nSPS) is 11.6. The second kappa shape index (κ2) is 16.3. The van der Waals surface area contributed by atoms with Crippen LogP contribution in [0.15, 0.2) is 255 Å². The van der Waals surface area contributed by atoms with Crippen LogP contribution in [0.25, 0.3) is 55.0 Å². The number of benzene rings is 10. The Balaban J connectivity index is 1.13. The monoisotopic (exact) mass is 904 g/mol. The van der Waals surface area contributed by atoms with Crippen LogP contribution in [-0.4, -0.2) is 22.4 Å². The molecular formula is C61H42GeN4. The molecule has 10 aromatic carbocycles. The van der Waals surface area contributed by atoms with Gasteiger partial charge in [-0.3, -0.25) is 0 Å². The summed E-state index contributed by atoms with van der Waals surface area (Å²) in [6.45, 7) is 0. The van der Waals surface area contributed by atoms with E-state index in [0.29, 0.717) is 5.56 Å². The fraction of sp³-hybridized carbons (Fsp3) is 0. The van der Waals surface area contributed by atoms with Crippen molar-refractivity contribution in [3.8, 4) is 17.4 Å². The SMILES string of the molecule is N#Cc1ccc(N(c2ccc3c(c2)c2ccccc2n3-c2ccccc2)c2ccc3c(c2)c2c[c]([Ge]([c]4ccccc4)([c]4ccccc4)[c]4ccccc4)ccc2n3-c2ccccc2)cc1. The summed E-state index contributed by atoms with van der Waals surface area (Å²) < 4.78 is 10.3. The predicted molar refractivity (Wildman–Crippen MR) is 278 cm³/mol. The van der Waals surface area contributed by atoms with Gasteiger partial charge in [-0.05, 0) is 18.2 Å². The zero-order valence-electron chi connectivity index (χ0n) is 36.0. The number of fused-ring (bicyclic) bond motifs is 6. The number of para-hydroxylation sites is 3. The zero-order chi connectivity index (χ0) is 44.0. The Labute approximate surface area is 386 Å². The minimum absolute atomic E-state index is 0.623. The van der Waals surface area contributed by atoms with Gasteiger partial charge < -0.3 is 0 Å². The third-order valence-electron chi connectivity index (χ3n) is 13.3. The standard InChI is InChI=1S/C61H42GeN4/c63-43-44-30-33-51(34-31-44)64(52-35-38-60-56(41-52)54-28-16-17-29-58(54)65(60)49-24-12-4-13-25-49)53-36-39-61-57(42-53)55-40-48(32-37-59(55)66(61)50-26-14-5-15-27-50)62(45-18-6-1-7-19-45,46-20-8-2-9-21-46)47-22-10-3-11-23-47/h1-42H. The summed E-state index contributed by atoms with van der Waals surface area (Å²) in [5, 5.41) is 14.6. The van der Waals surface area contributed by atoms with E-state index in [2.05, 4.69) is 263 Å². The van der Waals surface area contributed by atoms with Gasteiger partial charge in [0.25, 0.3) is 0 Å². The van der Waals surface area contributed by atoms with E-state index in [1.165, 1.54) is 39.1 Å². The Morgan fingerprint density at radius 3 is 1.18 bits per heavy atom. The van der Waals surface area contributed by atoms with Crippen LogP contribution in [0.2, 0.25) is 0 Å². The second-order valence-corrected chi connectivity index (χ2v) is 24.8. The zero-order valence-corrected chi connectivity index (χ0v) is 38.1. The van der Waals surface area contributed by atoms with Crippen molar-refractivity contribution < 1.29 is 0 Å². The van der Waals surface area contributed by atoms with Crippen LogP contribution in [0.3, 0.4) is 0 Å². The molecule has 12 aromatic rings. The number of nitrogens with zero attached hydrogens (tertiary/aromatic N) is 4. The summed E-state index contributed by atoms with van der Waals surface area (Å²) in [7, 11) is 0. The maximum absolute atomic E-state index is 9.87. The van der Waals surface area contributed by atoms with Crippen molar-refractivity contribution in [2.75, 3.05) is 4.90 Å². The molecule has 12 rings (SSSR count). The molecule has 0 aliphatic heterocycles. The van der Waals surface area contributed by atoms with Crippen molar-refractivity contribution in [1.29, 1.82) is 5.26 Å². The molecule has 0 spiro atoms. The molecule has 0 aliphatic carbocycles. The number of rotatable bonds is 9. The van der Waals surface area contributed by atoms with Gasteiger partial charge in [-0.25, -0.2) is 0 Å². The fourth-order valence-electron chi connectivity index (χ4n) is 10.4. The van der Waals surface area contributed by atoms with E-state index in [4.69, 9.17) is 0 Å². The molecule has 0 fully saturated rings. The summed E-state index contributed by atoms with van der Waals surface area (Å²) in [5.41, 5.74) is 10.5. The maximum atomic E-state index is 9.87. The summed E-state index contributed by atoms with van der Waals surface area (Å²) in [6, 6.07) is 94.9. The molecule has 2 heterocycles. The van der Waals surface area contributed by atoms with Crippen LogP contribution in [-0.2, 0) is 0 Å².